The Balaban J connectivity index is 1.76. The summed E-state index contributed by atoms with van der Waals surface area (Å²) in [6.45, 7) is 3.62. The van der Waals surface area contributed by atoms with E-state index in [1.165, 1.54) is 16.4 Å². The molecule has 0 unspecified atom stereocenters. The number of anilines is 1. The highest BCUT2D eigenvalue weighted by Gasteiger charge is 2.32. The van der Waals surface area contributed by atoms with Crippen molar-refractivity contribution in [2.75, 3.05) is 37.7 Å². The Morgan fingerprint density at radius 3 is 2.53 bits per heavy atom. The monoisotopic (exact) mass is 468 g/mol. The molecule has 6 nitrogen and oxygen atoms in total. The minimum Gasteiger partial charge on any atom is -0.379 e. The number of halogens is 2. The third-order valence-corrected chi connectivity index (χ3v) is 8.18. The third kappa shape index (κ3) is 3.85. The molecule has 160 valence electrons. The maximum atomic E-state index is 13.5. The van der Waals surface area contributed by atoms with Gasteiger partial charge in [-0.3, -0.25) is 4.79 Å². The Hall–Kier alpha value is -1.64. The molecule has 0 radical (unpaired) electrons. The van der Waals surface area contributed by atoms with Crippen molar-refractivity contribution in [2.45, 2.75) is 24.7 Å². The van der Waals surface area contributed by atoms with Crippen LogP contribution in [0.5, 0.6) is 0 Å². The van der Waals surface area contributed by atoms with E-state index in [1.807, 2.05) is 25.1 Å². The number of hydrogen-bond donors (Lipinski definition) is 0. The van der Waals surface area contributed by atoms with E-state index in [1.54, 1.807) is 4.90 Å². The summed E-state index contributed by atoms with van der Waals surface area (Å²) in [7, 11) is -3.87. The Labute approximate surface area is 186 Å². The SMILES string of the molecule is Cc1cccc2c1N(C(=O)c1cc(S(=O)(=O)N3CCOCC3)c(Cl)cc1Cl)CCC2. The van der Waals surface area contributed by atoms with Gasteiger partial charge in [-0.15, -0.1) is 0 Å². The van der Waals surface area contributed by atoms with Gasteiger partial charge in [-0.25, -0.2) is 8.42 Å². The number of fused-ring (bicyclic) bond motifs is 1. The highest BCUT2D eigenvalue weighted by Crippen LogP contribution is 2.35. The third-order valence-electron chi connectivity index (χ3n) is 5.50. The zero-order valence-electron chi connectivity index (χ0n) is 16.5. The second kappa shape index (κ2) is 8.48. The lowest BCUT2D eigenvalue weighted by molar-refractivity contribution is 0.0730. The van der Waals surface area contributed by atoms with Gasteiger partial charge in [-0.1, -0.05) is 41.4 Å². The van der Waals surface area contributed by atoms with Crippen LogP contribution in [0.1, 0.15) is 27.9 Å². The molecule has 9 heteroatoms. The molecule has 0 saturated carbocycles. The number of hydrogen-bond acceptors (Lipinski definition) is 4. The van der Waals surface area contributed by atoms with Crippen molar-refractivity contribution in [1.29, 1.82) is 0 Å². The Bertz CT molecular complexity index is 1100. The smallest absolute Gasteiger partial charge is 0.259 e. The van der Waals surface area contributed by atoms with Crippen molar-refractivity contribution in [1.82, 2.24) is 4.31 Å². The van der Waals surface area contributed by atoms with Gasteiger partial charge in [0, 0.05) is 19.6 Å². The number of morpholine rings is 1. The maximum Gasteiger partial charge on any atom is 0.259 e. The summed E-state index contributed by atoms with van der Waals surface area (Å²) < 4.78 is 32.8. The lowest BCUT2D eigenvalue weighted by Gasteiger charge is -2.31. The van der Waals surface area contributed by atoms with E-state index in [2.05, 4.69) is 0 Å². The van der Waals surface area contributed by atoms with Crippen LogP contribution in [0.4, 0.5) is 5.69 Å². The number of ether oxygens (including phenoxy) is 1. The van der Waals surface area contributed by atoms with Gasteiger partial charge in [0.25, 0.3) is 5.91 Å². The first kappa shape index (κ1) is 21.6. The minimum absolute atomic E-state index is 0.00160. The lowest BCUT2D eigenvalue weighted by atomic mass is 9.97. The van der Waals surface area contributed by atoms with Crippen LogP contribution >= 0.6 is 23.2 Å². The highest BCUT2D eigenvalue weighted by atomic mass is 35.5. The van der Waals surface area contributed by atoms with Gasteiger partial charge in [0.1, 0.15) is 4.90 Å². The number of amides is 1. The second-order valence-corrected chi connectivity index (χ2v) is 10.1. The van der Waals surface area contributed by atoms with Crippen molar-refractivity contribution in [2.24, 2.45) is 0 Å². The van der Waals surface area contributed by atoms with Crippen LogP contribution in [0.2, 0.25) is 10.0 Å². The molecule has 0 bridgehead atoms. The molecule has 0 spiro atoms. The van der Waals surface area contributed by atoms with E-state index in [0.717, 1.165) is 29.7 Å². The van der Waals surface area contributed by atoms with Gasteiger partial charge in [-0.2, -0.15) is 4.31 Å². The first-order chi connectivity index (χ1) is 14.3. The van der Waals surface area contributed by atoms with Crippen molar-refractivity contribution >= 4 is 44.8 Å². The molecule has 0 aliphatic carbocycles. The van der Waals surface area contributed by atoms with Gasteiger partial charge in [0.15, 0.2) is 0 Å². The van der Waals surface area contributed by atoms with E-state index < -0.39 is 10.0 Å². The van der Waals surface area contributed by atoms with Crippen LogP contribution in [0.15, 0.2) is 35.2 Å². The zero-order chi connectivity index (χ0) is 21.5. The number of carbonyl (C=O) groups is 1. The zero-order valence-corrected chi connectivity index (χ0v) is 18.9. The predicted octanol–water partition coefficient (Wildman–Crippen LogP) is 3.92. The Kier molecular flexibility index (Phi) is 6.10. The summed E-state index contributed by atoms with van der Waals surface area (Å²) in [4.78, 5) is 15.1. The standard InChI is InChI=1S/C21H22Cl2N2O4S/c1-14-4-2-5-15-6-3-7-25(20(14)15)21(26)16-12-19(18(23)13-17(16)22)30(27,28)24-8-10-29-11-9-24/h2,4-5,12-13H,3,6-11H2,1H3. The fraction of sp³-hybridized carbons (Fsp3) is 0.381. The Morgan fingerprint density at radius 2 is 1.80 bits per heavy atom. The lowest BCUT2D eigenvalue weighted by Crippen LogP contribution is -2.41. The van der Waals surface area contributed by atoms with Crippen molar-refractivity contribution in [3.05, 3.63) is 57.1 Å². The molecule has 4 rings (SSSR count). The number of nitrogens with zero attached hydrogens (tertiary/aromatic N) is 2. The Morgan fingerprint density at radius 1 is 1.07 bits per heavy atom. The molecule has 0 N–H and O–H groups in total. The quantitative estimate of drug-likeness (QED) is 0.684. The second-order valence-electron chi connectivity index (χ2n) is 7.42. The molecule has 2 aliphatic heterocycles. The van der Waals surface area contributed by atoms with E-state index in [9.17, 15) is 13.2 Å². The molecule has 2 heterocycles. The van der Waals surface area contributed by atoms with Crippen LogP contribution < -0.4 is 4.90 Å². The van der Waals surface area contributed by atoms with E-state index in [-0.39, 0.29) is 39.5 Å². The first-order valence-electron chi connectivity index (χ1n) is 9.78. The van der Waals surface area contributed by atoms with Crippen LogP contribution in [-0.4, -0.2) is 51.5 Å². The molecule has 30 heavy (non-hydrogen) atoms. The van der Waals surface area contributed by atoms with E-state index in [4.69, 9.17) is 27.9 Å². The summed E-state index contributed by atoms with van der Waals surface area (Å²) in [5, 5.41) is 0.130. The molecule has 2 aliphatic rings. The first-order valence-corrected chi connectivity index (χ1v) is 12.0. The fourth-order valence-electron chi connectivity index (χ4n) is 4.01. The van der Waals surface area contributed by atoms with Crippen molar-refractivity contribution in [3.8, 4) is 0 Å². The highest BCUT2D eigenvalue weighted by molar-refractivity contribution is 7.89. The normalized spacial score (nSPS) is 17.6. The van der Waals surface area contributed by atoms with Crippen LogP contribution in [-0.2, 0) is 21.2 Å². The van der Waals surface area contributed by atoms with Crippen LogP contribution in [0.25, 0.3) is 0 Å². The number of sulfonamides is 1. The summed E-state index contributed by atoms with van der Waals surface area (Å²) in [5.41, 5.74) is 3.09. The molecule has 2 aromatic rings. The molecular weight excluding hydrogens is 447 g/mol. The van der Waals surface area contributed by atoms with Gasteiger partial charge in [0.2, 0.25) is 10.0 Å². The number of aryl methyl sites for hydroxylation is 2. The van der Waals surface area contributed by atoms with Gasteiger partial charge < -0.3 is 9.64 Å². The number of carbonyl (C=O) groups excluding carboxylic acids is 1. The van der Waals surface area contributed by atoms with Crippen LogP contribution in [0, 0.1) is 6.92 Å². The molecule has 1 amide bonds. The van der Waals surface area contributed by atoms with E-state index >= 15 is 0 Å². The number of para-hydroxylation sites is 1. The topological polar surface area (TPSA) is 66.9 Å². The summed E-state index contributed by atoms with van der Waals surface area (Å²) in [5.74, 6) is -0.328. The summed E-state index contributed by atoms with van der Waals surface area (Å²) in [6.07, 6.45) is 1.72. The molecule has 0 atom stereocenters. The van der Waals surface area contributed by atoms with Gasteiger partial charge in [-0.05, 0) is 43.0 Å². The molecule has 2 aromatic carbocycles. The number of rotatable bonds is 3. The largest absolute Gasteiger partial charge is 0.379 e. The molecule has 0 aromatic heterocycles. The van der Waals surface area contributed by atoms with E-state index in [0.29, 0.717) is 19.8 Å². The summed E-state index contributed by atoms with van der Waals surface area (Å²) in [6, 6.07) is 8.60. The predicted molar refractivity (Wildman–Crippen MR) is 117 cm³/mol. The van der Waals surface area contributed by atoms with Crippen molar-refractivity contribution < 1.29 is 17.9 Å². The maximum absolute atomic E-state index is 13.5. The molecule has 1 fully saturated rings. The fourth-order valence-corrected chi connectivity index (χ4v) is 6.25. The van der Waals surface area contributed by atoms with Crippen LogP contribution in [0.3, 0.4) is 0 Å². The summed E-state index contributed by atoms with van der Waals surface area (Å²) >= 11 is 12.6. The number of benzene rings is 2. The minimum atomic E-state index is -3.87. The van der Waals surface area contributed by atoms with Crippen molar-refractivity contribution in [3.63, 3.8) is 0 Å². The van der Waals surface area contributed by atoms with Gasteiger partial charge >= 0.3 is 0 Å². The molecule has 1 saturated heterocycles. The average molecular weight is 469 g/mol. The average Bonchev–Trinajstić information content (AvgIpc) is 2.73. The van der Waals surface area contributed by atoms with Gasteiger partial charge in [0.05, 0.1) is 34.5 Å². The molecular formula is C21H22Cl2N2O4S.